The molecule has 0 saturated heterocycles. The lowest BCUT2D eigenvalue weighted by molar-refractivity contribution is 0.367. The summed E-state index contributed by atoms with van der Waals surface area (Å²) in [6.07, 6.45) is 0.742. The van der Waals surface area contributed by atoms with E-state index in [4.69, 9.17) is 10.3 Å². The highest BCUT2D eigenvalue weighted by Crippen LogP contribution is 2.23. The Balaban J connectivity index is 1.98. The van der Waals surface area contributed by atoms with Crippen LogP contribution in [-0.4, -0.2) is 26.5 Å². The molecule has 0 fully saturated rings. The highest BCUT2D eigenvalue weighted by Gasteiger charge is 2.11. The van der Waals surface area contributed by atoms with Crippen LogP contribution in [0.2, 0.25) is 0 Å². The predicted molar refractivity (Wildman–Crippen MR) is 73.9 cm³/mol. The van der Waals surface area contributed by atoms with Crippen LogP contribution in [-0.2, 0) is 19.2 Å². The maximum Gasteiger partial charge on any atom is 0.191 e. The standard InChI is InChI=1S/C12H19N5OS/c1-8(2)10-6-9(16-18-10)7-19-12-15-14-11(4-5-13)17(12)3/h6,8H,4-5,7,13H2,1-3H3. The Hall–Kier alpha value is -1.34. The normalized spacial score (nSPS) is 11.4. The summed E-state index contributed by atoms with van der Waals surface area (Å²) in [5.74, 6) is 2.91. The number of rotatable bonds is 6. The maximum absolute atomic E-state index is 5.52. The number of hydrogen-bond acceptors (Lipinski definition) is 6. The van der Waals surface area contributed by atoms with Crippen molar-refractivity contribution >= 4 is 11.8 Å². The first-order valence-electron chi connectivity index (χ1n) is 6.28. The van der Waals surface area contributed by atoms with E-state index in [1.165, 1.54) is 0 Å². The molecule has 2 heterocycles. The first kappa shape index (κ1) is 14.1. The van der Waals surface area contributed by atoms with E-state index in [-0.39, 0.29) is 0 Å². The fraction of sp³-hybridized carbons (Fsp3) is 0.583. The number of aromatic nitrogens is 4. The summed E-state index contributed by atoms with van der Waals surface area (Å²) in [5, 5.41) is 13.2. The van der Waals surface area contributed by atoms with Crippen LogP contribution in [0.1, 0.15) is 37.0 Å². The molecule has 0 amide bonds. The summed E-state index contributed by atoms with van der Waals surface area (Å²) < 4.78 is 7.24. The van der Waals surface area contributed by atoms with Gasteiger partial charge < -0.3 is 14.8 Å². The third-order valence-corrected chi connectivity index (χ3v) is 3.84. The number of nitrogens with two attached hydrogens (primary N) is 1. The Morgan fingerprint density at radius 2 is 2.21 bits per heavy atom. The van der Waals surface area contributed by atoms with Gasteiger partial charge in [0.05, 0.1) is 5.69 Å². The summed E-state index contributed by atoms with van der Waals surface area (Å²) >= 11 is 1.60. The van der Waals surface area contributed by atoms with Crippen LogP contribution in [0.15, 0.2) is 15.7 Å². The monoisotopic (exact) mass is 281 g/mol. The fourth-order valence-corrected chi connectivity index (χ4v) is 2.43. The van der Waals surface area contributed by atoms with Crippen molar-refractivity contribution in [2.75, 3.05) is 6.54 Å². The van der Waals surface area contributed by atoms with Crippen LogP contribution in [0.5, 0.6) is 0 Å². The number of nitrogens with zero attached hydrogens (tertiary/aromatic N) is 4. The van der Waals surface area contributed by atoms with Crippen molar-refractivity contribution in [3.8, 4) is 0 Å². The SMILES string of the molecule is CC(C)c1cc(CSc2nnc(CCN)n2C)no1. The molecule has 104 valence electrons. The largest absolute Gasteiger partial charge is 0.361 e. The quantitative estimate of drug-likeness (QED) is 0.812. The summed E-state index contributed by atoms with van der Waals surface area (Å²) in [6, 6.07) is 1.99. The Kier molecular flexibility index (Phi) is 4.60. The van der Waals surface area contributed by atoms with Gasteiger partial charge in [-0.3, -0.25) is 0 Å². The smallest absolute Gasteiger partial charge is 0.191 e. The van der Waals surface area contributed by atoms with E-state index in [1.54, 1.807) is 11.8 Å². The van der Waals surface area contributed by atoms with Crippen LogP contribution in [0.25, 0.3) is 0 Å². The van der Waals surface area contributed by atoms with E-state index < -0.39 is 0 Å². The molecule has 0 unspecified atom stereocenters. The first-order chi connectivity index (χ1) is 9.11. The number of thioether (sulfide) groups is 1. The van der Waals surface area contributed by atoms with E-state index in [9.17, 15) is 0 Å². The van der Waals surface area contributed by atoms with Gasteiger partial charge in [0.25, 0.3) is 0 Å². The molecule has 7 heteroatoms. The Morgan fingerprint density at radius 1 is 1.42 bits per heavy atom. The Labute approximate surface area is 116 Å². The summed E-state index contributed by atoms with van der Waals surface area (Å²) in [6.45, 7) is 4.75. The molecule has 2 N–H and O–H groups in total. The lowest BCUT2D eigenvalue weighted by atomic mass is 10.1. The molecule has 0 radical (unpaired) electrons. The second-order valence-corrected chi connectivity index (χ2v) is 5.60. The Bertz CT molecular complexity index is 534. The van der Waals surface area contributed by atoms with Gasteiger partial charge in [-0.05, 0) is 6.54 Å². The van der Waals surface area contributed by atoms with E-state index in [2.05, 4.69) is 29.2 Å². The maximum atomic E-state index is 5.52. The molecule has 0 saturated carbocycles. The van der Waals surface area contributed by atoms with Gasteiger partial charge in [-0.15, -0.1) is 10.2 Å². The zero-order valence-electron chi connectivity index (χ0n) is 11.5. The molecule has 0 aliphatic heterocycles. The van der Waals surface area contributed by atoms with Crippen LogP contribution in [0.4, 0.5) is 0 Å². The summed E-state index contributed by atoms with van der Waals surface area (Å²) in [4.78, 5) is 0. The lowest BCUT2D eigenvalue weighted by Crippen LogP contribution is -2.08. The van der Waals surface area contributed by atoms with Crippen molar-refractivity contribution < 1.29 is 4.52 Å². The van der Waals surface area contributed by atoms with E-state index in [1.807, 2.05) is 17.7 Å². The highest BCUT2D eigenvalue weighted by molar-refractivity contribution is 7.98. The van der Waals surface area contributed by atoms with Crippen molar-refractivity contribution in [2.45, 2.75) is 37.1 Å². The van der Waals surface area contributed by atoms with Gasteiger partial charge in [0.1, 0.15) is 11.6 Å². The van der Waals surface area contributed by atoms with E-state index >= 15 is 0 Å². The molecular formula is C12H19N5OS. The van der Waals surface area contributed by atoms with Crippen molar-refractivity contribution in [3.05, 3.63) is 23.3 Å². The molecule has 2 rings (SSSR count). The summed E-state index contributed by atoms with van der Waals surface area (Å²) in [7, 11) is 1.95. The molecular weight excluding hydrogens is 262 g/mol. The molecule has 0 aliphatic carbocycles. The lowest BCUT2D eigenvalue weighted by Gasteiger charge is -2.01. The minimum absolute atomic E-state index is 0.359. The predicted octanol–water partition coefficient (Wildman–Crippen LogP) is 1.72. The third kappa shape index (κ3) is 3.36. The third-order valence-electron chi connectivity index (χ3n) is 2.79. The average Bonchev–Trinajstić information content (AvgIpc) is 2.97. The molecule has 0 spiro atoms. The van der Waals surface area contributed by atoms with Crippen molar-refractivity contribution in [1.82, 2.24) is 19.9 Å². The molecule has 0 bridgehead atoms. The van der Waals surface area contributed by atoms with Crippen LogP contribution < -0.4 is 5.73 Å². The van der Waals surface area contributed by atoms with Gasteiger partial charge in [0.2, 0.25) is 0 Å². The zero-order chi connectivity index (χ0) is 13.8. The van der Waals surface area contributed by atoms with Gasteiger partial charge in [-0.25, -0.2) is 0 Å². The highest BCUT2D eigenvalue weighted by atomic mass is 32.2. The molecule has 0 aromatic carbocycles. The fourth-order valence-electron chi connectivity index (χ4n) is 1.62. The second kappa shape index (κ2) is 6.21. The van der Waals surface area contributed by atoms with E-state index in [0.29, 0.717) is 12.5 Å². The van der Waals surface area contributed by atoms with E-state index in [0.717, 1.165) is 34.6 Å². The van der Waals surface area contributed by atoms with Crippen LogP contribution >= 0.6 is 11.8 Å². The number of hydrogen-bond donors (Lipinski definition) is 1. The van der Waals surface area contributed by atoms with Crippen molar-refractivity contribution in [3.63, 3.8) is 0 Å². The van der Waals surface area contributed by atoms with Crippen LogP contribution in [0, 0.1) is 0 Å². The molecule has 0 atom stereocenters. The average molecular weight is 281 g/mol. The Morgan fingerprint density at radius 3 is 2.84 bits per heavy atom. The minimum atomic E-state index is 0.359. The van der Waals surface area contributed by atoms with Gasteiger partial charge in [-0.1, -0.05) is 30.8 Å². The second-order valence-electron chi connectivity index (χ2n) is 4.66. The molecule has 6 nitrogen and oxygen atoms in total. The van der Waals surface area contributed by atoms with Gasteiger partial charge >= 0.3 is 0 Å². The first-order valence-corrected chi connectivity index (χ1v) is 7.27. The summed E-state index contributed by atoms with van der Waals surface area (Å²) in [5.41, 5.74) is 6.45. The molecule has 2 aromatic heterocycles. The molecule has 0 aliphatic rings. The van der Waals surface area contributed by atoms with Gasteiger partial charge in [-0.2, -0.15) is 0 Å². The topological polar surface area (TPSA) is 82.8 Å². The molecule has 19 heavy (non-hydrogen) atoms. The minimum Gasteiger partial charge on any atom is -0.361 e. The van der Waals surface area contributed by atoms with Crippen molar-refractivity contribution in [2.24, 2.45) is 12.8 Å². The molecule has 2 aromatic rings. The zero-order valence-corrected chi connectivity index (χ0v) is 12.3. The van der Waals surface area contributed by atoms with Gasteiger partial charge in [0.15, 0.2) is 5.16 Å². The van der Waals surface area contributed by atoms with Gasteiger partial charge in [0, 0.05) is 31.2 Å². The van der Waals surface area contributed by atoms with Crippen LogP contribution in [0.3, 0.4) is 0 Å². The van der Waals surface area contributed by atoms with Crippen molar-refractivity contribution in [1.29, 1.82) is 0 Å².